The van der Waals surface area contributed by atoms with Gasteiger partial charge in [0.25, 0.3) is 10.0 Å². The highest BCUT2D eigenvalue weighted by molar-refractivity contribution is 7.92. The van der Waals surface area contributed by atoms with Crippen LogP contribution >= 0.6 is 0 Å². The molecule has 0 atom stereocenters. The first-order valence-corrected chi connectivity index (χ1v) is 10.2. The second kappa shape index (κ2) is 8.02. The summed E-state index contributed by atoms with van der Waals surface area (Å²) in [5, 5.41) is 0. The van der Waals surface area contributed by atoms with Gasteiger partial charge in [-0.2, -0.15) is 0 Å². The highest BCUT2D eigenvalue weighted by Crippen LogP contribution is 2.29. The molecule has 0 radical (unpaired) electrons. The molecular formula is C22H22FNO3S. The van der Waals surface area contributed by atoms with Crippen LogP contribution in [0.15, 0.2) is 71.6 Å². The number of benzene rings is 3. The lowest BCUT2D eigenvalue weighted by atomic mass is 10.2. The average Bonchev–Trinajstić information content (AvgIpc) is 2.69. The molecule has 3 aromatic carbocycles. The molecule has 0 saturated heterocycles. The summed E-state index contributed by atoms with van der Waals surface area (Å²) in [5.41, 5.74) is 2.78. The van der Waals surface area contributed by atoms with Crippen LogP contribution in [-0.2, 0) is 16.6 Å². The van der Waals surface area contributed by atoms with Gasteiger partial charge in [-0.05, 0) is 61.4 Å². The Morgan fingerprint density at radius 3 is 2.36 bits per heavy atom. The van der Waals surface area contributed by atoms with Gasteiger partial charge in [-0.25, -0.2) is 12.8 Å². The van der Waals surface area contributed by atoms with Gasteiger partial charge in [0, 0.05) is 0 Å². The lowest BCUT2D eigenvalue weighted by Crippen LogP contribution is -2.31. The van der Waals surface area contributed by atoms with Gasteiger partial charge in [0.2, 0.25) is 0 Å². The number of sulfonamides is 1. The van der Waals surface area contributed by atoms with Crippen molar-refractivity contribution < 1.29 is 17.5 Å². The van der Waals surface area contributed by atoms with Crippen LogP contribution in [0.25, 0.3) is 0 Å². The number of nitrogens with zero attached hydrogens (tertiary/aromatic N) is 1. The topological polar surface area (TPSA) is 46.6 Å². The number of rotatable bonds is 6. The Bertz CT molecular complexity index is 1080. The lowest BCUT2D eigenvalue weighted by Gasteiger charge is -2.26. The Balaban J connectivity index is 2.12. The first-order valence-electron chi connectivity index (χ1n) is 8.80. The third-order valence-electron chi connectivity index (χ3n) is 4.50. The number of hydrogen-bond donors (Lipinski definition) is 0. The molecule has 0 bridgehead atoms. The van der Waals surface area contributed by atoms with Gasteiger partial charge in [-0.3, -0.25) is 4.31 Å². The Hall–Kier alpha value is -2.86. The van der Waals surface area contributed by atoms with Crippen molar-refractivity contribution in [3.8, 4) is 5.75 Å². The van der Waals surface area contributed by atoms with Gasteiger partial charge < -0.3 is 4.74 Å². The Labute approximate surface area is 165 Å². The van der Waals surface area contributed by atoms with E-state index >= 15 is 0 Å². The molecule has 0 saturated carbocycles. The van der Waals surface area contributed by atoms with Gasteiger partial charge in [0.05, 0.1) is 24.2 Å². The Kier molecular flexibility index (Phi) is 5.70. The second-order valence-corrected chi connectivity index (χ2v) is 8.44. The highest BCUT2D eigenvalue weighted by atomic mass is 32.2. The van der Waals surface area contributed by atoms with Crippen LogP contribution in [0.5, 0.6) is 5.75 Å². The molecular weight excluding hydrogens is 377 g/mol. The van der Waals surface area contributed by atoms with E-state index in [4.69, 9.17) is 4.74 Å². The van der Waals surface area contributed by atoms with Crippen LogP contribution in [-0.4, -0.2) is 15.5 Å². The maximum Gasteiger partial charge on any atom is 0.264 e. The molecule has 0 N–H and O–H groups in total. The minimum atomic E-state index is -3.99. The predicted molar refractivity (Wildman–Crippen MR) is 109 cm³/mol. The van der Waals surface area contributed by atoms with Gasteiger partial charge in [0.15, 0.2) is 0 Å². The molecule has 146 valence electrons. The number of ether oxygens (including phenoxy) is 1. The zero-order valence-corrected chi connectivity index (χ0v) is 16.8. The molecule has 4 nitrogen and oxygen atoms in total. The third-order valence-corrected chi connectivity index (χ3v) is 6.42. The summed E-state index contributed by atoms with van der Waals surface area (Å²) in [5.74, 6) is 0.0510. The molecule has 3 rings (SSSR count). The number of anilines is 1. The van der Waals surface area contributed by atoms with Gasteiger partial charge in [0.1, 0.15) is 11.6 Å². The van der Waals surface area contributed by atoms with Crippen molar-refractivity contribution in [1.82, 2.24) is 0 Å². The monoisotopic (exact) mass is 399 g/mol. The van der Waals surface area contributed by atoms with Crippen LogP contribution in [0, 0.1) is 19.7 Å². The quantitative estimate of drug-likeness (QED) is 0.595. The van der Waals surface area contributed by atoms with Crippen molar-refractivity contribution >= 4 is 15.7 Å². The fraction of sp³-hybridized carbons (Fsp3) is 0.182. The molecule has 3 aromatic rings. The molecule has 0 aromatic heterocycles. The fourth-order valence-electron chi connectivity index (χ4n) is 2.93. The zero-order valence-electron chi connectivity index (χ0n) is 16.0. The fourth-order valence-corrected chi connectivity index (χ4v) is 4.63. The standard InChI is InChI=1S/C22H22FNO3S/c1-16-7-11-20(12-8-16)24(15-18-5-4-6-21(13-18)27-3)28(25,26)22-14-19(23)10-9-17(22)2/h4-14H,15H2,1-3H3. The van der Waals surface area contributed by atoms with E-state index in [2.05, 4.69) is 0 Å². The molecule has 0 unspecified atom stereocenters. The molecule has 28 heavy (non-hydrogen) atoms. The van der Waals surface area contributed by atoms with Gasteiger partial charge >= 0.3 is 0 Å². The number of halogens is 1. The molecule has 0 heterocycles. The number of hydrogen-bond acceptors (Lipinski definition) is 3. The van der Waals surface area contributed by atoms with E-state index in [0.29, 0.717) is 17.0 Å². The van der Waals surface area contributed by atoms with Crippen LogP contribution < -0.4 is 9.04 Å². The summed E-state index contributed by atoms with van der Waals surface area (Å²) in [6.45, 7) is 3.69. The zero-order chi connectivity index (χ0) is 20.3. The van der Waals surface area contributed by atoms with Crippen molar-refractivity contribution in [3.05, 3.63) is 89.2 Å². The first kappa shape index (κ1) is 19.9. The van der Waals surface area contributed by atoms with E-state index in [9.17, 15) is 12.8 Å². The van der Waals surface area contributed by atoms with Crippen LogP contribution in [0.1, 0.15) is 16.7 Å². The maximum absolute atomic E-state index is 13.8. The third kappa shape index (κ3) is 4.17. The minimum Gasteiger partial charge on any atom is -0.497 e. The van der Waals surface area contributed by atoms with Crippen molar-refractivity contribution in [1.29, 1.82) is 0 Å². The average molecular weight is 399 g/mol. The maximum atomic E-state index is 13.8. The van der Waals surface area contributed by atoms with Crippen LogP contribution in [0.2, 0.25) is 0 Å². The number of methoxy groups -OCH3 is 1. The normalized spacial score (nSPS) is 11.3. The second-order valence-electron chi connectivity index (χ2n) is 6.61. The summed E-state index contributed by atoms with van der Waals surface area (Å²) < 4.78 is 47.3. The summed E-state index contributed by atoms with van der Waals surface area (Å²) in [6, 6.07) is 18.2. The molecule has 6 heteroatoms. The first-order chi connectivity index (χ1) is 13.3. The van der Waals surface area contributed by atoms with Crippen molar-refractivity contribution in [2.24, 2.45) is 0 Å². The molecule has 0 amide bonds. The smallest absolute Gasteiger partial charge is 0.264 e. The Morgan fingerprint density at radius 2 is 1.68 bits per heavy atom. The summed E-state index contributed by atoms with van der Waals surface area (Å²) in [6.07, 6.45) is 0. The number of aryl methyl sites for hydroxylation is 2. The van der Waals surface area contributed by atoms with Crippen molar-refractivity contribution in [3.63, 3.8) is 0 Å². The summed E-state index contributed by atoms with van der Waals surface area (Å²) in [7, 11) is -2.43. The SMILES string of the molecule is COc1cccc(CN(c2ccc(C)cc2)S(=O)(=O)c2cc(F)ccc2C)c1. The molecule has 0 fully saturated rings. The van der Waals surface area contributed by atoms with E-state index in [-0.39, 0.29) is 11.4 Å². The van der Waals surface area contributed by atoms with E-state index in [0.717, 1.165) is 17.2 Å². The van der Waals surface area contributed by atoms with Crippen molar-refractivity contribution in [2.45, 2.75) is 25.3 Å². The van der Waals surface area contributed by atoms with E-state index < -0.39 is 15.8 Å². The van der Waals surface area contributed by atoms with Crippen molar-refractivity contribution in [2.75, 3.05) is 11.4 Å². The molecule has 0 spiro atoms. The summed E-state index contributed by atoms with van der Waals surface area (Å²) in [4.78, 5) is -0.0454. The predicted octanol–water partition coefficient (Wildman–Crippen LogP) is 4.85. The minimum absolute atomic E-state index is 0.0454. The van der Waals surface area contributed by atoms with E-state index in [1.807, 2.05) is 31.2 Å². The largest absolute Gasteiger partial charge is 0.497 e. The highest BCUT2D eigenvalue weighted by Gasteiger charge is 2.27. The lowest BCUT2D eigenvalue weighted by molar-refractivity contribution is 0.414. The Morgan fingerprint density at radius 1 is 0.964 bits per heavy atom. The van der Waals surface area contributed by atoms with E-state index in [1.165, 1.54) is 16.4 Å². The van der Waals surface area contributed by atoms with Crippen LogP contribution in [0.3, 0.4) is 0 Å². The molecule has 0 aliphatic rings. The molecule has 0 aliphatic heterocycles. The van der Waals surface area contributed by atoms with Gasteiger partial charge in [-0.15, -0.1) is 0 Å². The molecule has 0 aliphatic carbocycles. The van der Waals surface area contributed by atoms with Gasteiger partial charge in [-0.1, -0.05) is 35.9 Å². The summed E-state index contributed by atoms with van der Waals surface area (Å²) >= 11 is 0. The van der Waals surface area contributed by atoms with Crippen LogP contribution in [0.4, 0.5) is 10.1 Å². The van der Waals surface area contributed by atoms with E-state index in [1.54, 1.807) is 38.3 Å².